The molecule has 1 aliphatic carbocycles. The molecule has 1 heterocycles. The van der Waals surface area contributed by atoms with E-state index in [1.165, 1.54) is 58.3 Å². The van der Waals surface area contributed by atoms with Crippen molar-refractivity contribution < 1.29 is 0 Å². The minimum absolute atomic E-state index is 0.790. The van der Waals surface area contributed by atoms with Crippen molar-refractivity contribution in [1.82, 2.24) is 10.2 Å². The molecular formula is C16H32N2. The van der Waals surface area contributed by atoms with Crippen molar-refractivity contribution in [2.45, 2.75) is 58.9 Å². The van der Waals surface area contributed by atoms with E-state index in [1.54, 1.807) is 0 Å². The normalized spacial score (nSPS) is 38.8. The van der Waals surface area contributed by atoms with Crippen LogP contribution in [0.3, 0.4) is 0 Å². The van der Waals surface area contributed by atoms with Crippen molar-refractivity contribution in [3.05, 3.63) is 0 Å². The molecule has 0 amide bonds. The van der Waals surface area contributed by atoms with Gasteiger partial charge in [0.2, 0.25) is 0 Å². The zero-order valence-electron chi connectivity index (χ0n) is 12.6. The number of likely N-dealkylation sites (tertiary alicyclic amines) is 1. The van der Waals surface area contributed by atoms with E-state index < -0.39 is 0 Å². The van der Waals surface area contributed by atoms with Gasteiger partial charge in [0.1, 0.15) is 0 Å². The van der Waals surface area contributed by atoms with Gasteiger partial charge in [-0.25, -0.2) is 0 Å². The first-order chi connectivity index (χ1) is 8.65. The number of nitrogens with zero attached hydrogens (tertiary/aromatic N) is 1. The van der Waals surface area contributed by atoms with Crippen LogP contribution < -0.4 is 5.32 Å². The lowest BCUT2D eigenvalue weighted by Crippen LogP contribution is -2.45. The average molecular weight is 252 g/mol. The van der Waals surface area contributed by atoms with Crippen molar-refractivity contribution in [3.8, 4) is 0 Å². The molecule has 0 radical (unpaired) electrons. The monoisotopic (exact) mass is 252 g/mol. The van der Waals surface area contributed by atoms with Crippen molar-refractivity contribution in [3.63, 3.8) is 0 Å². The number of hydrogen-bond donors (Lipinski definition) is 1. The van der Waals surface area contributed by atoms with Crippen LogP contribution in [-0.4, -0.2) is 37.1 Å². The molecule has 2 aliphatic rings. The van der Waals surface area contributed by atoms with Crippen molar-refractivity contribution in [2.75, 3.05) is 26.2 Å². The quantitative estimate of drug-likeness (QED) is 0.827. The molecule has 2 rings (SSSR count). The first-order valence-corrected chi connectivity index (χ1v) is 8.11. The van der Waals surface area contributed by atoms with Crippen molar-refractivity contribution in [2.24, 2.45) is 17.8 Å². The summed E-state index contributed by atoms with van der Waals surface area (Å²) in [4.78, 5) is 2.67. The lowest BCUT2D eigenvalue weighted by Gasteiger charge is -2.36. The Morgan fingerprint density at radius 2 is 1.67 bits per heavy atom. The minimum Gasteiger partial charge on any atom is -0.312 e. The largest absolute Gasteiger partial charge is 0.312 e. The third kappa shape index (κ3) is 4.24. The van der Waals surface area contributed by atoms with Crippen LogP contribution in [0.1, 0.15) is 52.9 Å². The molecule has 1 aliphatic heterocycles. The van der Waals surface area contributed by atoms with Gasteiger partial charge in [-0.1, -0.05) is 33.6 Å². The van der Waals surface area contributed by atoms with Crippen LogP contribution >= 0.6 is 0 Å². The summed E-state index contributed by atoms with van der Waals surface area (Å²) in [6, 6.07) is 0.790. The fourth-order valence-electron chi connectivity index (χ4n) is 4.00. The predicted molar refractivity (Wildman–Crippen MR) is 78.8 cm³/mol. The standard InChI is InChI=1S/C16H32N2/c1-13-10-14(2)12-18(11-13)9-8-17-16-7-5-4-6-15(16)3/h13-17H,4-12H2,1-3H3. The highest BCUT2D eigenvalue weighted by molar-refractivity contribution is 4.80. The van der Waals surface area contributed by atoms with E-state index in [-0.39, 0.29) is 0 Å². The van der Waals surface area contributed by atoms with Crippen LogP contribution in [0, 0.1) is 17.8 Å². The summed E-state index contributed by atoms with van der Waals surface area (Å²) in [7, 11) is 0. The van der Waals surface area contributed by atoms with Crippen LogP contribution in [0.25, 0.3) is 0 Å². The number of hydrogen-bond acceptors (Lipinski definition) is 2. The third-order valence-electron chi connectivity index (χ3n) is 4.89. The van der Waals surface area contributed by atoms with E-state index in [2.05, 4.69) is 31.0 Å². The smallest absolute Gasteiger partial charge is 0.0107 e. The maximum atomic E-state index is 3.81. The minimum atomic E-state index is 0.790. The summed E-state index contributed by atoms with van der Waals surface area (Å²) < 4.78 is 0. The molecule has 0 aromatic carbocycles. The van der Waals surface area contributed by atoms with Gasteiger partial charge in [0.05, 0.1) is 0 Å². The van der Waals surface area contributed by atoms with Gasteiger partial charge in [-0.05, 0) is 37.0 Å². The van der Waals surface area contributed by atoms with Crippen LogP contribution in [0.2, 0.25) is 0 Å². The third-order valence-corrected chi connectivity index (χ3v) is 4.89. The summed E-state index contributed by atoms with van der Waals surface area (Å²) in [6.07, 6.45) is 7.12. The molecular weight excluding hydrogens is 220 g/mol. The van der Waals surface area contributed by atoms with Gasteiger partial charge in [0, 0.05) is 32.2 Å². The Morgan fingerprint density at radius 1 is 1.00 bits per heavy atom. The average Bonchev–Trinajstić information content (AvgIpc) is 2.30. The van der Waals surface area contributed by atoms with Gasteiger partial charge in [-0.15, -0.1) is 0 Å². The highest BCUT2D eigenvalue weighted by Gasteiger charge is 2.23. The molecule has 2 heteroatoms. The van der Waals surface area contributed by atoms with Crippen molar-refractivity contribution in [1.29, 1.82) is 0 Å². The second-order valence-corrected chi connectivity index (χ2v) is 7.03. The predicted octanol–water partition coefficient (Wildman–Crippen LogP) is 3.13. The summed E-state index contributed by atoms with van der Waals surface area (Å²) >= 11 is 0. The molecule has 4 atom stereocenters. The molecule has 18 heavy (non-hydrogen) atoms. The van der Waals surface area contributed by atoms with Gasteiger partial charge in [0.25, 0.3) is 0 Å². The SMILES string of the molecule is CC1CC(C)CN(CCNC2CCCCC2C)C1. The second-order valence-electron chi connectivity index (χ2n) is 7.03. The van der Waals surface area contributed by atoms with E-state index in [1.807, 2.05) is 0 Å². The van der Waals surface area contributed by atoms with Gasteiger partial charge < -0.3 is 10.2 Å². The molecule has 2 nitrogen and oxygen atoms in total. The zero-order valence-corrected chi connectivity index (χ0v) is 12.6. The second kappa shape index (κ2) is 6.91. The van der Waals surface area contributed by atoms with Gasteiger partial charge in [-0.2, -0.15) is 0 Å². The van der Waals surface area contributed by atoms with Crippen LogP contribution in [0.5, 0.6) is 0 Å². The fraction of sp³-hybridized carbons (Fsp3) is 1.00. The number of rotatable bonds is 4. The zero-order chi connectivity index (χ0) is 13.0. The Hall–Kier alpha value is -0.0800. The number of nitrogens with one attached hydrogen (secondary N) is 1. The maximum absolute atomic E-state index is 3.81. The van der Waals surface area contributed by atoms with Crippen LogP contribution in [0.4, 0.5) is 0 Å². The first kappa shape index (κ1) is 14.3. The lowest BCUT2D eigenvalue weighted by molar-refractivity contribution is 0.138. The lowest BCUT2D eigenvalue weighted by atomic mass is 9.86. The van der Waals surface area contributed by atoms with Gasteiger partial charge >= 0.3 is 0 Å². The molecule has 1 saturated carbocycles. The Labute approximate surface area is 114 Å². The molecule has 0 aromatic rings. The molecule has 0 bridgehead atoms. The molecule has 4 unspecified atom stereocenters. The molecule has 0 spiro atoms. The Bertz CT molecular complexity index is 231. The van der Waals surface area contributed by atoms with E-state index in [0.717, 1.165) is 23.8 Å². The van der Waals surface area contributed by atoms with E-state index in [9.17, 15) is 0 Å². The Balaban J connectivity index is 1.65. The maximum Gasteiger partial charge on any atom is 0.0107 e. The Kier molecular flexibility index (Phi) is 5.50. The van der Waals surface area contributed by atoms with Gasteiger partial charge in [0.15, 0.2) is 0 Å². The number of piperidine rings is 1. The fourth-order valence-corrected chi connectivity index (χ4v) is 4.00. The highest BCUT2D eigenvalue weighted by atomic mass is 15.2. The molecule has 1 N–H and O–H groups in total. The van der Waals surface area contributed by atoms with Crippen molar-refractivity contribution >= 4 is 0 Å². The molecule has 2 fully saturated rings. The summed E-state index contributed by atoms with van der Waals surface area (Å²) in [6.45, 7) is 12.3. The summed E-state index contributed by atoms with van der Waals surface area (Å²) in [5.74, 6) is 2.67. The van der Waals surface area contributed by atoms with E-state index in [4.69, 9.17) is 0 Å². The van der Waals surface area contributed by atoms with Gasteiger partial charge in [-0.3, -0.25) is 0 Å². The molecule has 1 saturated heterocycles. The first-order valence-electron chi connectivity index (χ1n) is 8.11. The topological polar surface area (TPSA) is 15.3 Å². The highest BCUT2D eigenvalue weighted by Crippen LogP contribution is 2.24. The summed E-state index contributed by atoms with van der Waals surface area (Å²) in [5, 5.41) is 3.81. The van der Waals surface area contributed by atoms with Crippen LogP contribution in [0.15, 0.2) is 0 Å². The Morgan fingerprint density at radius 3 is 2.33 bits per heavy atom. The van der Waals surface area contributed by atoms with E-state index >= 15 is 0 Å². The van der Waals surface area contributed by atoms with E-state index in [0.29, 0.717) is 0 Å². The van der Waals surface area contributed by atoms with Crippen LogP contribution in [-0.2, 0) is 0 Å². The molecule has 106 valence electrons. The molecule has 0 aromatic heterocycles. The summed E-state index contributed by atoms with van der Waals surface area (Å²) in [5.41, 5.74) is 0.